The maximum atomic E-state index is 12.6. The molecule has 25 heavy (non-hydrogen) atoms. The lowest BCUT2D eigenvalue weighted by atomic mass is 9.92. The quantitative estimate of drug-likeness (QED) is 0.838. The molecule has 2 N–H and O–H groups in total. The van der Waals surface area contributed by atoms with Crippen LogP contribution in [0.4, 0.5) is 0 Å². The summed E-state index contributed by atoms with van der Waals surface area (Å²) in [7, 11) is 0. The highest BCUT2D eigenvalue weighted by Crippen LogP contribution is 2.23. The number of benzene rings is 2. The number of carbonyl (C=O) groups is 1. The second-order valence-corrected chi connectivity index (χ2v) is 7.05. The predicted molar refractivity (Wildman–Crippen MR) is 102 cm³/mol. The van der Waals surface area contributed by atoms with Crippen LogP contribution in [0.25, 0.3) is 0 Å². The van der Waals surface area contributed by atoms with Crippen LogP contribution in [-0.2, 0) is 4.79 Å². The number of nitrogens with one attached hydrogen (secondary N) is 2. The molecule has 3 rings (SSSR count). The van der Waals surface area contributed by atoms with Gasteiger partial charge >= 0.3 is 0 Å². The standard InChI is InChI=1S/C22H28N2O/c1-17-7-10-20(11-8-17)22(19-5-3-2-4-6-19)24-21(25)12-9-18-13-15-23-16-14-18/h2-8,10-11,18,22-23H,9,12-16H2,1H3,(H,24,25). The molecule has 1 atom stereocenters. The van der Waals surface area contributed by atoms with Gasteiger partial charge in [0.15, 0.2) is 0 Å². The monoisotopic (exact) mass is 336 g/mol. The van der Waals surface area contributed by atoms with E-state index in [0.717, 1.165) is 30.6 Å². The molecule has 2 aromatic carbocycles. The van der Waals surface area contributed by atoms with Crippen molar-refractivity contribution in [3.63, 3.8) is 0 Å². The first-order chi connectivity index (χ1) is 12.2. The van der Waals surface area contributed by atoms with Crippen LogP contribution >= 0.6 is 0 Å². The zero-order valence-corrected chi connectivity index (χ0v) is 15.0. The van der Waals surface area contributed by atoms with Crippen molar-refractivity contribution in [2.75, 3.05) is 13.1 Å². The number of rotatable bonds is 6. The van der Waals surface area contributed by atoms with Crippen LogP contribution in [0.2, 0.25) is 0 Å². The molecule has 0 bridgehead atoms. The lowest BCUT2D eigenvalue weighted by molar-refractivity contribution is -0.121. The molecular formula is C22H28N2O. The van der Waals surface area contributed by atoms with Crippen molar-refractivity contribution in [2.24, 2.45) is 5.92 Å². The van der Waals surface area contributed by atoms with Gasteiger partial charge in [0.25, 0.3) is 0 Å². The molecule has 0 spiro atoms. The predicted octanol–water partition coefficient (Wildman–Crippen LogP) is 3.98. The third kappa shape index (κ3) is 5.17. The summed E-state index contributed by atoms with van der Waals surface area (Å²) in [4.78, 5) is 12.6. The summed E-state index contributed by atoms with van der Waals surface area (Å²) in [5.41, 5.74) is 3.49. The smallest absolute Gasteiger partial charge is 0.220 e. The van der Waals surface area contributed by atoms with Crippen molar-refractivity contribution < 1.29 is 4.79 Å². The van der Waals surface area contributed by atoms with Gasteiger partial charge in [-0.25, -0.2) is 0 Å². The van der Waals surface area contributed by atoms with Crippen LogP contribution < -0.4 is 10.6 Å². The fourth-order valence-corrected chi connectivity index (χ4v) is 3.50. The van der Waals surface area contributed by atoms with Crippen molar-refractivity contribution in [3.8, 4) is 0 Å². The molecule has 1 amide bonds. The summed E-state index contributed by atoms with van der Waals surface area (Å²) in [6.45, 7) is 4.25. The second kappa shape index (κ2) is 8.82. The Labute approximate surface area is 150 Å². The molecule has 1 saturated heterocycles. The molecule has 3 heteroatoms. The minimum Gasteiger partial charge on any atom is -0.345 e. The first-order valence-corrected chi connectivity index (χ1v) is 9.34. The Hall–Kier alpha value is -2.13. The average molecular weight is 336 g/mol. The number of hydrogen-bond donors (Lipinski definition) is 2. The van der Waals surface area contributed by atoms with Crippen LogP contribution in [0.5, 0.6) is 0 Å². The summed E-state index contributed by atoms with van der Waals surface area (Å²) in [5, 5.41) is 6.64. The Morgan fingerprint density at radius 3 is 2.36 bits per heavy atom. The van der Waals surface area contributed by atoms with E-state index < -0.39 is 0 Å². The second-order valence-electron chi connectivity index (χ2n) is 7.05. The van der Waals surface area contributed by atoms with Crippen LogP contribution in [0, 0.1) is 12.8 Å². The van der Waals surface area contributed by atoms with E-state index in [2.05, 4.69) is 54.0 Å². The van der Waals surface area contributed by atoms with Crippen LogP contribution in [0.15, 0.2) is 54.6 Å². The van der Waals surface area contributed by atoms with Gasteiger partial charge in [-0.2, -0.15) is 0 Å². The van der Waals surface area contributed by atoms with Gasteiger partial charge in [-0.3, -0.25) is 4.79 Å². The zero-order valence-electron chi connectivity index (χ0n) is 15.0. The topological polar surface area (TPSA) is 41.1 Å². The van der Waals surface area contributed by atoms with Gasteiger partial charge in [-0.05, 0) is 56.3 Å². The average Bonchev–Trinajstić information content (AvgIpc) is 2.67. The maximum absolute atomic E-state index is 12.6. The molecule has 1 heterocycles. The highest BCUT2D eigenvalue weighted by atomic mass is 16.1. The van der Waals surface area contributed by atoms with E-state index in [1.54, 1.807) is 0 Å². The molecule has 1 aliphatic rings. The van der Waals surface area contributed by atoms with E-state index in [1.165, 1.54) is 18.4 Å². The van der Waals surface area contributed by atoms with Crippen molar-refractivity contribution in [3.05, 3.63) is 71.3 Å². The van der Waals surface area contributed by atoms with Gasteiger partial charge < -0.3 is 10.6 Å². The SMILES string of the molecule is Cc1ccc(C(NC(=O)CCC2CCNCC2)c2ccccc2)cc1. The van der Waals surface area contributed by atoms with Gasteiger partial charge in [-0.1, -0.05) is 60.2 Å². The summed E-state index contributed by atoms with van der Waals surface area (Å²) < 4.78 is 0. The molecule has 1 fully saturated rings. The van der Waals surface area contributed by atoms with E-state index in [0.29, 0.717) is 12.3 Å². The van der Waals surface area contributed by atoms with Gasteiger partial charge in [0.05, 0.1) is 6.04 Å². The summed E-state index contributed by atoms with van der Waals surface area (Å²) in [5.74, 6) is 0.828. The summed E-state index contributed by atoms with van der Waals surface area (Å²) >= 11 is 0. The Balaban J connectivity index is 1.66. The normalized spacial score (nSPS) is 16.4. The van der Waals surface area contributed by atoms with E-state index in [4.69, 9.17) is 0 Å². The van der Waals surface area contributed by atoms with Gasteiger partial charge in [-0.15, -0.1) is 0 Å². The van der Waals surface area contributed by atoms with Crippen LogP contribution in [0.3, 0.4) is 0 Å². The van der Waals surface area contributed by atoms with Crippen molar-refractivity contribution in [2.45, 2.75) is 38.6 Å². The minimum absolute atomic E-state index is 0.0812. The number of amides is 1. The molecule has 0 aliphatic carbocycles. The third-order valence-corrected chi connectivity index (χ3v) is 5.09. The van der Waals surface area contributed by atoms with Crippen LogP contribution in [0.1, 0.15) is 48.4 Å². The lowest BCUT2D eigenvalue weighted by Gasteiger charge is -2.23. The van der Waals surface area contributed by atoms with Crippen molar-refractivity contribution >= 4 is 5.91 Å². The van der Waals surface area contributed by atoms with E-state index >= 15 is 0 Å². The third-order valence-electron chi connectivity index (χ3n) is 5.09. The van der Waals surface area contributed by atoms with Gasteiger partial charge in [0.2, 0.25) is 5.91 Å². The molecule has 2 aromatic rings. The summed E-state index contributed by atoms with van der Waals surface area (Å²) in [6.07, 6.45) is 3.98. The number of carbonyl (C=O) groups excluding carboxylic acids is 1. The molecule has 0 aromatic heterocycles. The van der Waals surface area contributed by atoms with Crippen molar-refractivity contribution in [1.29, 1.82) is 0 Å². The Bertz CT molecular complexity index is 660. The first-order valence-electron chi connectivity index (χ1n) is 9.34. The molecule has 1 aliphatic heterocycles. The minimum atomic E-state index is -0.0812. The van der Waals surface area contributed by atoms with E-state index in [-0.39, 0.29) is 11.9 Å². The number of piperidine rings is 1. The lowest BCUT2D eigenvalue weighted by Crippen LogP contribution is -2.31. The zero-order chi connectivity index (χ0) is 17.5. The van der Waals surface area contributed by atoms with Crippen LogP contribution in [-0.4, -0.2) is 19.0 Å². The summed E-state index contributed by atoms with van der Waals surface area (Å²) in [6, 6.07) is 18.6. The number of hydrogen-bond acceptors (Lipinski definition) is 2. The van der Waals surface area contributed by atoms with Gasteiger partial charge in [0, 0.05) is 6.42 Å². The first kappa shape index (κ1) is 17.7. The van der Waals surface area contributed by atoms with E-state index in [1.807, 2.05) is 18.2 Å². The van der Waals surface area contributed by atoms with Gasteiger partial charge in [0.1, 0.15) is 0 Å². The molecule has 0 saturated carbocycles. The molecule has 1 unspecified atom stereocenters. The highest BCUT2D eigenvalue weighted by molar-refractivity contribution is 5.77. The molecule has 3 nitrogen and oxygen atoms in total. The fourth-order valence-electron chi connectivity index (χ4n) is 3.50. The Kier molecular flexibility index (Phi) is 6.24. The molecular weight excluding hydrogens is 308 g/mol. The Morgan fingerprint density at radius 2 is 1.68 bits per heavy atom. The van der Waals surface area contributed by atoms with E-state index in [9.17, 15) is 4.79 Å². The highest BCUT2D eigenvalue weighted by Gasteiger charge is 2.19. The molecule has 0 radical (unpaired) electrons. The maximum Gasteiger partial charge on any atom is 0.220 e. The van der Waals surface area contributed by atoms with Crippen molar-refractivity contribution in [1.82, 2.24) is 10.6 Å². The number of aryl methyl sites for hydroxylation is 1. The molecule has 132 valence electrons. The largest absolute Gasteiger partial charge is 0.345 e. The fraction of sp³-hybridized carbons (Fsp3) is 0.409. The Morgan fingerprint density at radius 1 is 1.04 bits per heavy atom.